The maximum absolute atomic E-state index is 12.3. The van der Waals surface area contributed by atoms with Crippen molar-refractivity contribution in [3.05, 3.63) is 59.9 Å². The van der Waals surface area contributed by atoms with E-state index < -0.39 is 18.8 Å². The SMILES string of the molecule is Cc1cccc(-c2nc3ccccn3c2C(=O)OCC(F)(F)F)c1. The van der Waals surface area contributed by atoms with Gasteiger partial charge in [0.05, 0.1) is 0 Å². The van der Waals surface area contributed by atoms with Crippen LogP contribution >= 0.6 is 0 Å². The van der Waals surface area contributed by atoms with Gasteiger partial charge in [-0.1, -0.05) is 29.8 Å². The number of aromatic nitrogens is 2. The number of esters is 1. The van der Waals surface area contributed by atoms with Gasteiger partial charge in [-0.25, -0.2) is 9.78 Å². The Labute approximate surface area is 135 Å². The highest BCUT2D eigenvalue weighted by molar-refractivity contribution is 5.96. The molecule has 3 rings (SSSR count). The van der Waals surface area contributed by atoms with E-state index in [2.05, 4.69) is 9.72 Å². The number of aryl methyl sites for hydroxylation is 1. The predicted octanol–water partition coefficient (Wildman–Crippen LogP) is 4.03. The Morgan fingerprint density at radius 2 is 2.00 bits per heavy atom. The van der Waals surface area contributed by atoms with Crippen molar-refractivity contribution in [1.82, 2.24) is 9.38 Å². The van der Waals surface area contributed by atoms with Crippen molar-refractivity contribution in [2.75, 3.05) is 6.61 Å². The molecule has 0 spiro atoms. The van der Waals surface area contributed by atoms with Gasteiger partial charge in [-0.3, -0.25) is 4.40 Å². The number of hydrogen-bond acceptors (Lipinski definition) is 3. The number of carbonyl (C=O) groups excluding carboxylic acids is 1. The van der Waals surface area contributed by atoms with E-state index in [4.69, 9.17) is 0 Å². The topological polar surface area (TPSA) is 43.6 Å². The molecule has 2 heterocycles. The number of benzene rings is 1. The van der Waals surface area contributed by atoms with Gasteiger partial charge < -0.3 is 4.74 Å². The number of alkyl halides is 3. The number of pyridine rings is 1. The number of halogens is 3. The highest BCUT2D eigenvalue weighted by Crippen LogP contribution is 2.26. The first-order valence-electron chi connectivity index (χ1n) is 7.13. The molecule has 3 aromatic rings. The molecule has 0 radical (unpaired) electrons. The average molecular weight is 334 g/mol. The van der Waals surface area contributed by atoms with Crippen LogP contribution in [0.15, 0.2) is 48.7 Å². The molecular weight excluding hydrogens is 321 g/mol. The minimum atomic E-state index is -4.58. The lowest BCUT2D eigenvalue weighted by Crippen LogP contribution is -2.21. The molecule has 0 saturated carbocycles. The van der Waals surface area contributed by atoms with Gasteiger partial charge in [-0.05, 0) is 25.1 Å². The fourth-order valence-corrected chi connectivity index (χ4v) is 2.40. The van der Waals surface area contributed by atoms with E-state index in [1.807, 2.05) is 19.1 Å². The third kappa shape index (κ3) is 3.24. The second-order valence-corrected chi connectivity index (χ2v) is 5.30. The van der Waals surface area contributed by atoms with Crippen LogP contribution in [0.3, 0.4) is 0 Å². The highest BCUT2D eigenvalue weighted by Gasteiger charge is 2.31. The Bertz CT molecular complexity index is 900. The van der Waals surface area contributed by atoms with E-state index in [-0.39, 0.29) is 11.4 Å². The lowest BCUT2D eigenvalue weighted by atomic mass is 10.1. The van der Waals surface area contributed by atoms with Crippen LogP contribution in [0.25, 0.3) is 16.9 Å². The molecule has 0 aliphatic carbocycles. The van der Waals surface area contributed by atoms with Crippen molar-refractivity contribution in [1.29, 1.82) is 0 Å². The van der Waals surface area contributed by atoms with Crippen LogP contribution < -0.4 is 0 Å². The Hall–Kier alpha value is -2.83. The van der Waals surface area contributed by atoms with Crippen molar-refractivity contribution in [3.8, 4) is 11.3 Å². The molecule has 0 saturated heterocycles. The fraction of sp³-hybridized carbons (Fsp3) is 0.176. The van der Waals surface area contributed by atoms with Gasteiger partial charge in [0.1, 0.15) is 11.3 Å². The average Bonchev–Trinajstić information content (AvgIpc) is 2.91. The van der Waals surface area contributed by atoms with Crippen LogP contribution in [-0.2, 0) is 4.74 Å². The van der Waals surface area contributed by atoms with Crippen molar-refractivity contribution < 1.29 is 22.7 Å². The smallest absolute Gasteiger partial charge is 0.422 e. The second kappa shape index (κ2) is 5.99. The van der Waals surface area contributed by atoms with Crippen molar-refractivity contribution in [2.24, 2.45) is 0 Å². The first kappa shape index (κ1) is 16.0. The lowest BCUT2D eigenvalue weighted by molar-refractivity contribution is -0.161. The van der Waals surface area contributed by atoms with E-state index >= 15 is 0 Å². The van der Waals surface area contributed by atoms with Crippen LogP contribution in [-0.4, -0.2) is 28.1 Å². The molecule has 24 heavy (non-hydrogen) atoms. The van der Waals surface area contributed by atoms with Gasteiger partial charge in [0.15, 0.2) is 12.3 Å². The molecule has 0 unspecified atom stereocenters. The highest BCUT2D eigenvalue weighted by atomic mass is 19.4. The van der Waals surface area contributed by atoms with E-state index in [1.54, 1.807) is 36.5 Å². The Balaban J connectivity index is 2.10. The standard InChI is InChI=1S/C17H13F3N2O2/c1-11-5-4-6-12(9-11)14-15(16(23)24-10-17(18,19)20)22-8-3-2-7-13(22)21-14/h2-9H,10H2,1H3. The van der Waals surface area contributed by atoms with Gasteiger partial charge >= 0.3 is 12.1 Å². The summed E-state index contributed by atoms with van der Waals surface area (Å²) >= 11 is 0. The number of imidazole rings is 1. The van der Waals surface area contributed by atoms with Crippen LogP contribution in [0.5, 0.6) is 0 Å². The third-order valence-corrected chi connectivity index (χ3v) is 3.38. The van der Waals surface area contributed by atoms with Gasteiger partial charge in [0.25, 0.3) is 0 Å². The third-order valence-electron chi connectivity index (χ3n) is 3.38. The Kier molecular flexibility index (Phi) is 4.01. The number of hydrogen-bond donors (Lipinski definition) is 0. The summed E-state index contributed by atoms with van der Waals surface area (Å²) in [5.74, 6) is -1.07. The molecule has 0 aliphatic rings. The van der Waals surface area contributed by atoms with Crippen LogP contribution in [0.1, 0.15) is 16.1 Å². The Morgan fingerprint density at radius 1 is 1.21 bits per heavy atom. The quantitative estimate of drug-likeness (QED) is 0.679. The Morgan fingerprint density at radius 3 is 2.71 bits per heavy atom. The number of carbonyl (C=O) groups is 1. The van der Waals surface area contributed by atoms with Gasteiger partial charge in [-0.15, -0.1) is 0 Å². The molecule has 0 fully saturated rings. The van der Waals surface area contributed by atoms with Gasteiger partial charge in [-0.2, -0.15) is 13.2 Å². The zero-order valence-electron chi connectivity index (χ0n) is 12.7. The first-order valence-corrected chi connectivity index (χ1v) is 7.13. The fourth-order valence-electron chi connectivity index (χ4n) is 2.40. The van der Waals surface area contributed by atoms with Crippen LogP contribution in [0.2, 0.25) is 0 Å². The van der Waals surface area contributed by atoms with Crippen LogP contribution in [0, 0.1) is 6.92 Å². The number of rotatable bonds is 3. The zero-order chi connectivity index (χ0) is 17.3. The summed E-state index contributed by atoms with van der Waals surface area (Å²) in [6.45, 7) is 0.236. The summed E-state index contributed by atoms with van der Waals surface area (Å²) < 4.78 is 42.9. The minimum absolute atomic E-state index is 0.0274. The van der Waals surface area contributed by atoms with E-state index in [1.165, 1.54) is 4.40 Å². The zero-order valence-corrected chi connectivity index (χ0v) is 12.7. The molecule has 0 amide bonds. The van der Waals surface area contributed by atoms with E-state index in [0.29, 0.717) is 11.2 Å². The number of nitrogens with zero attached hydrogens (tertiary/aromatic N) is 2. The molecule has 0 N–H and O–H groups in total. The number of ether oxygens (including phenoxy) is 1. The second-order valence-electron chi connectivity index (χ2n) is 5.30. The van der Waals surface area contributed by atoms with Crippen molar-refractivity contribution in [3.63, 3.8) is 0 Å². The monoisotopic (exact) mass is 334 g/mol. The summed E-state index contributed by atoms with van der Waals surface area (Å²) in [6.07, 6.45) is -3.02. The summed E-state index contributed by atoms with van der Waals surface area (Å²) in [7, 11) is 0. The molecule has 0 bridgehead atoms. The summed E-state index contributed by atoms with van der Waals surface area (Å²) in [5, 5.41) is 0. The van der Waals surface area contributed by atoms with E-state index in [0.717, 1.165) is 5.56 Å². The van der Waals surface area contributed by atoms with E-state index in [9.17, 15) is 18.0 Å². The summed E-state index contributed by atoms with van der Waals surface area (Å²) in [6, 6.07) is 12.3. The first-order chi connectivity index (χ1) is 11.3. The molecule has 4 nitrogen and oxygen atoms in total. The lowest BCUT2D eigenvalue weighted by Gasteiger charge is -2.09. The largest absolute Gasteiger partial charge is 0.451 e. The molecule has 0 aliphatic heterocycles. The molecule has 124 valence electrons. The summed E-state index contributed by atoms with van der Waals surface area (Å²) in [5.41, 5.74) is 2.29. The molecule has 0 atom stereocenters. The molecule has 7 heteroatoms. The molecule has 2 aromatic heterocycles. The molecule has 1 aromatic carbocycles. The van der Waals surface area contributed by atoms with Gasteiger partial charge in [0, 0.05) is 11.8 Å². The van der Waals surface area contributed by atoms with Crippen LogP contribution in [0.4, 0.5) is 13.2 Å². The maximum Gasteiger partial charge on any atom is 0.422 e. The molecular formula is C17H13F3N2O2. The number of fused-ring (bicyclic) bond motifs is 1. The summed E-state index contributed by atoms with van der Waals surface area (Å²) in [4.78, 5) is 16.6. The minimum Gasteiger partial charge on any atom is -0.451 e. The van der Waals surface area contributed by atoms with Crippen molar-refractivity contribution >= 4 is 11.6 Å². The van der Waals surface area contributed by atoms with Gasteiger partial charge in [0.2, 0.25) is 0 Å². The van der Waals surface area contributed by atoms with Crippen molar-refractivity contribution in [2.45, 2.75) is 13.1 Å². The maximum atomic E-state index is 12.3. The predicted molar refractivity (Wildman–Crippen MR) is 81.7 cm³/mol. The normalized spacial score (nSPS) is 11.7.